The van der Waals surface area contributed by atoms with E-state index in [1.807, 2.05) is 0 Å². The minimum Gasteiger partial charge on any atom is -0.444 e. The van der Waals surface area contributed by atoms with Crippen LogP contribution in [0.15, 0.2) is 48.5 Å². The molecule has 2 aromatic rings. The number of nitrogens with one attached hydrogen (secondary N) is 1. The summed E-state index contributed by atoms with van der Waals surface area (Å²) in [6.45, 7) is -0.0495. The van der Waals surface area contributed by atoms with Gasteiger partial charge in [0.25, 0.3) is 5.69 Å². The third kappa shape index (κ3) is 4.80. The van der Waals surface area contributed by atoms with Crippen molar-refractivity contribution in [1.82, 2.24) is 0 Å². The quantitative estimate of drug-likeness (QED) is 0.430. The van der Waals surface area contributed by atoms with Gasteiger partial charge in [-0.3, -0.25) is 15.4 Å². The van der Waals surface area contributed by atoms with Crippen LogP contribution in [0.4, 0.5) is 16.2 Å². The number of nitro benzene ring substituents is 1. The molecule has 0 saturated heterocycles. The number of carbonyl (C=O) groups is 1. The summed E-state index contributed by atoms with van der Waals surface area (Å²) in [6.07, 6.45) is -0.729. The lowest BCUT2D eigenvalue weighted by Crippen LogP contribution is -2.30. The van der Waals surface area contributed by atoms with E-state index in [0.717, 1.165) is 0 Å². The van der Waals surface area contributed by atoms with Crippen LogP contribution in [0, 0.1) is 10.1 Å². The molecule has 0 bridgehead atoms. The van der Waals surface area contributed by atoms with E-state index in [1.54, 1.807) is 12.1 Å². The van der Waals surface area contributed by atoms with Crippen LogP contribution in [0.5, 0.6) is 0 Å². The highest BCUT2D eigenvalue weighted by Gasteiger charge is 2.12. The Morgan fingerprint density at radius 1 is 1.22 bits per heavy atom. The van der Waals surface area contributed by atoms with Crippen LogP contribution in [-0.2, 0) is 11.3 Å². The van der Waals surface area contributed by atoms with Gasteiger partial charge < -0.3 is 14.8 Å². The number of nitro groups is 1. The Balaban J connectivity index is 1.90. The van der Waals surface area contributed by atoms with Crippen LogP contribution >= 0.6 is 0 Å². The van der Waals surface area contributed by atoms with Crippen molar-refractivity contribution in [2.24, 2.45) is 0 Å². The fraction of sp³-hybridized carbons (Fsp3) is 0.0714. The molecule has 0 aliphatic rings. The Hall–Kier alpha value is -2.91. The summed E-state index contributed by atoms with van der Waals surface area (Å²) < 4.78 is 4.99. The SMILES string of the molecule is O=C(Nc1cccc(B(O)O)c1)OCc1ccc([N+](=O)[O-])cc1. The van der Waals surface area contributed by atoms with E-state index >= 15 is 0 Å². The van der Waals surface area contributed by atoms with Crippen molar-refractivity contribution in [2.45, 2.75) is 6.61 Å². The van der Waals surface area contributed by atoms with Gasteiger partial charge in [0.2, 0.25) is 0 Å². The first-order valence-corrected chi connectivity index (χ1v) is 6.59. The van der Waals surface area contributed by atoms with Crippen molar-refractivity contribution >= 4 is 30.0 Å². The van der Waals surface area contributed by atoms with E-state index in [0.29, 0.717) is 11.3 Å². The van der Waals surface area contributed by atoms with Crippen molar-refractivity contribution in [3.63, 3.8) is 0 Å². The molecule has 3 N–H and O–H groups in total. The van der Waals surface area contributed by atoms with Gasteiger partial charge in [-0.05, 0) is 35.3 Å². The zero-order valence-corrected chi connectivity index (χ0v) is 11.9. The topological polar surface area (TPSA) is 122 Å². The van der Waals surface area contributed by atoms with E-state index in [2.05, 4.69) is 5.32 Å². The number of rotatable bonds is 5. The third-order valence-corrected chi connectivity index (χ3v) is 2.95. The Labute approximate surface area is 131 Å². The largest absolute Gasteiger partial charge is 0.488 e. The molecule has 2 aromatic carbocycles. The van der Waals surface area contributed by atoms with Crippen LogP contribution in [-0.4, -0.2) is 28.2 Å². The average molecular weight is 316 g/mol. The molecular formula is C14H13BN2O6. The monoisotopic (exact) mass is 316 g/mol. The fourth-order valence-corrected chi connectivity index (χ4v) is 1.79. The molecule has 8 nitrogen and oxygen atoms in total. The van der Waals surface area contributed by atoms with Gasteiger partial charge in [-0.15, -0.1) is 0 Å². The van der Waals surface area contributed by atoms with Crippen molar-refractivity contribution in [3.05, 3.63) is 64.2 Å². The summed E-state index contributed by atoms with van der Waals surface area (Å²) in [5, 5.41) is 31.1. The van der Waals surface area contributed by atoms with E-state index in [1.165, 1.54) is 36.4 Å². The fourth-order valence-electron chi connectivity index (χ4n) is 1.79. The number of non-ortho nitro benzene ring substituents is 1. The van der Waals surface area contributed by atoms with Gasteiger partial charge in [-0.25, -0.2) is 4.79 Å². The number of hydrogen-bond donors (Lipinski definition) is 3. The number of hydrogen-bond acceptors (Lipinski definition) is 6. The standard InChI is InChI=1S/C14H13BN2O6/c18-14(16-12-3-1-2-11(8-12)15(19)20)23-9-10-4-6-13(7-5-10)17(21)22/h1-8,19-20H,9H2,(H,16,18). The van der Waals surface area contributed by atoms with Gasteiger partial charge in [-0.2, -0.15) is 0 Å². The predicted octanol–water partition coefficient (Wildman–Crippen LogP) is 1.02. The summed E-state index contributed by atoms with van der Waals surface area (Å²) in [4.78, 5) is 21.7. The van der Waals surface area contributed by atoms with Crippen molar-refractivity contribution in [3.8, 4) is 0 Å². The molecule has 118 valence electrons. The Bertz CT molecular complexity index is 705. The van der Waals surface area contributed by atoms with Crippen LogP contribution in [0.3, 0.4) is 0 Å². The van der Waals surface area contributed by atoms with Gasteiger partial charge in [0, 0.05) is 17.8 Å². The minimum atomic E-state index is -1.63. The number of ether oxygens (including phenoxy) is 1. The highest BCUT2D eigenvalue weighted by atomic mass is 16.6. The lowest BCUT2D eigenvalue weighted by Gasteiger charge is -2.08. The number of anilines is 1. The normalized spacial score (nSPS) is 10.0. The highest BCUT2D eigenvalue weighted by Crippen LogP contribution is 2.13. The second kappa shape index (κ2) is 7.39. The molecule has 0 spiro atoms. The van der Waals surface area contributed by atoms with E-state index in [4.69, 9.17) is 14.8 Å². The molecule has 0 unspecified atom stereocenters. The lowest BCUT2D eigenvalue weighted by molar-refractivity contribution is -0.384. The number of amides is 1. The second-order valence-electron chi connectivity index (χ2n) is 4.62. The molecule has 0 heterocycles. The molecule has 1 amide bonds. The third-order valence-electron chi connectivity index (χ3n) is 2.95. The van der Waals surface area contributed by atoms with Gasteiger partial charge in [0.05, 0.1) is 4.92 Å². The molecule has 0 aliphatic carbocycles. The molecule has 0 aliphatic heterocycles. The van der Waals surface area contributed by atoms with Crippen LogP contribution in [0.1, 0.15) is 5.56 Å². The van der Waals surface area contributed by atoms with Crippen molar-refractivity contribution < 1.29 is 24.5 Å². The second-order valence-corrected chi connectivity index (χ2v) is 4.62. The number of nitrogens with zero attached hydrogens (tertiary/aromatic N) is 1. The van der Waals surface area contributed by atoms with Gasteiger partial charge in [-0.1, -0.05) is 12.1 Å². The molecule has 0 atom stereocenters. The molecule has 0 radical (unpaired) electrons. The molecule has 0 fully saturated rings. The minimum absolute atomic E-state index is 0.0439. The zero-order chi connectivity index (χ0) is 16.8. The van der Waals surface area contributed by atoms with Crippen LogP contribution < -0.4 is 10.8 Å². The molecule has 0 saturated carbocycles. The first kappa shape index (κ1) is 16.5. The maximum absolute atomic E-state index is 11.7. The van der Waals surface area contributed by atoms with Gasteiger partial charge in [0.15, 0.2) is 0 Å². The summed E-state index contributed by atoms with van der Waals surface area (Å²) in [5.41, 5.74) is 1.14. The predicted molar refractivity (Wildman–Crippen MR) is 83.2 cm³/mol. The average Bonchev–Trinajstić information content (AvgIpc) is 2.53. The highest BCUT2D eigenvalue weighted by molar-refractivity contribution is 6.58. The van der Waals surface area contributed by atoms with Gasteiger partial charge in [0.1, 0.15) is 6.61 Å². The van der Waals surface area contributed by atoms with Crippen molar-refractivity contribution in [1.29, 1.82) is 0 Å². The molecule has 23 heavy (non-hydrogen) atoms. The first-order valence-electron chi connectivity index (χ1n) is 6.59. The number of carbonyl (C=O) groups excluding carboxylic acids is 1. The molecule has 2 rings (SSSR count). The first-order chi connectivity index (χ1) is 11.0. The summed E-state index contributed by atoms with van der Waals surface area (Å²) in [5.74, 6) is 0. The van der Waals surface area contributed by atoms with Gasteiger partial charge >= 0.3 is 13.2 Å². The van der Waals surface area contributed by atoms with Crippen LogP contribution in [0.2, 0.25) is 0 Å². The Morgan fingerprint density at radius 2 is 1.91 bits per heavy atom. The van der Waals surface area contributed by atoms with Crippen LogP contribution in [0.25, 0.3) is 0 Å². The Kier molecular flexibility index (Phi) is 5.29. The lowest BCUT2D eigenvalue weighted by atomic mass is 9.80. The summed E-state index contributed by atoms with van der Waals surface area (Å²) >= 11 is 0. The molecule has 9 heteroatoms. The maximum atomic E-state index is 11.7. The Morgan fingerprint density at radius 3 is 2.52 bits per heavy atom. The van der Waals surface area contributed by atoms with E-state index in [-0.39, 0.29) is 17.8 Å². The van der Waals surface area contributed by atoms with E-state index in [9.17, 15) is 14.9 Å². The number of benzene rings is 2. The maximum Gasteiger partial charge on any atom is 0.488 e. The smallest absolute Gasteiger partial charge is 0.444 e. The zero-order valence-electron chi connectivity index (χ0n) is 11.9. The summed E-state index contributed by atoms with van der Waals surface area (Å²) in [6, 6.07) is 11.7. The van der Waals surface area contributed by atoms with Crippen molar-refractivity contribution in [2.75, 3.05) is 5.32 Å². The molecule has 0 aromatic heterocycles. The molecular weight excluding hydrogens is 303 g/mol. The van der Waals surface area contributed by atoms with E-state index < -0.39 is 18.1 Å². The summed E-state index contributed by atoms with van der Waals surface area (Å²) in [7, 11) is -1.63.